The molecule has 0 aromatic rings. The molecule has 0 bridgehead atoms. The first-order valence-corrected chi connectivity index (χ1v) is 6.67. The van der Waals surface area contributed by atoms with E-state index in [9.17, 15) is 9.90 Å². The maximum absolute atomic E-state index is 11.9. The molecule has 1 aliphatic carbocycles. The van der Waals surface area contributed by atoms with Gasteiger partial charge in [0.25, 0.3) is 0 Å². The molecule has 0 saturated carbocycles. The molecule has 106 valence electrons. The predicted molar refractivity (Wildman–Crippen MR) is 76.6 cm³/mol. The molecule has 1 rings (SSSR count). The summed E-state index contributed by atoms with van der Waals surface area (Å²) >= 11 is 0. The van der Waals surface area contributed by atoms with Crippen molar-refractivity contribution >= 4 is 5.97 Å². The van der Waals surface area contributed by atoms with Gasteiger partial charge in [0, 0.05) is 0 Å². The minimum atomic E-state index is -1.14. The van der Waals surface area contributed by atoms with Gasteiger partial charge in [-0.1, -0.05) is 43.4 Å². The summed E-state index contributed by atoms with van der Waals surface area (Å²) in [7, 11) is 1.36. The van der Waals surface area contributed by atoms with E-state index in [0.29, 0.717) is 12.8 Å². The van der Waals surface area contributed by atoms with E-state index in [0.717, 1.165) is 0 Å². The summed E-state index contributed by atoms with van der Waals surface area (Å²) < 4.78 is 4.84. The van der Waals surface area contributed by atoms with Crippen LogP contribution in [-0.2, 0) is 9.53 Å². The number of ether oxygens (including phenoxy) is 1. The molecule has 0 spiro atoms. The fourth-order valence-corrected chi connectivity index (χ4v) is 2.55. The van der Waals surface area contributed by atoms with Gasteiger partial charge in [-0.15, -0.1) is 0 Å². The zero-order chi connectivity index (χ0) is 14.5. The second-order valence-electron chi connectivity index (χ2n) is 5.45. The number of allylic oxidation sites excluding steroid dienone is 5. The van der Waals surface area contributed by atoms with Crippen molar-refractivity contribution in [3.63, 3.8) is 0 Å². The molecule has 1 unspecified atom stereocenters. The fraction of sp³-hybridized carbons (Fsp3) is 0.562. The van der Waals surface area contributed by atoms with Crippen LogP contribution >= 0.6 is 0 Å². The quantitative estimate of drug-likeness (QED) is 0.471. The van der Waals surface area contributed by atoms with Crippen molar-refractivity contribution in [2.24, 2.45) is 11.3 Å². The minimum Gasteiger partial charge on any atom is -0.468 e. The third-order valence-corrected chi connectivity index (χ3v) is 3.89. The maximum atomic E-state index is 11.9. The highest BCUT2D eigenvalue weighted by atomic mass is 16.5. The highest BCUT2D eigenvalue weighted by molar-refractivity contribution is 5.79. The second-order valence-corrected chi connectivity index (χ2v) is 5.45. The van der Waals surface area contributed by atoms with Crippen LogP contribution in [0, 0.1) is 11.3 Å². The van der Waals surface area contributed by atoms with Gasteiger partial charge in [0.2, 0.25) is 0 Å². The summed E-state index contributed by atoms with van der Waals surface area (Å²) in [6.45, 7) is 5.75. The number of esters is 1. The Balaban J connectivity index is 2.84. The first kappa shape index (κ1) is 15.7. The van der Waals surface area contributed by atoms with Crippen LogP contribution in [0.1, 0.15) is 33.6 Å². The molecule has 0 radical (unpaired) electrons. The molecule has 1 aliphatic rings. The molecule has 3 atom stereocenters. The van der Waals surface area contributed by atoms with E-state index >= 15 is 0 Å². The van der Waals surface area contributed by atoms with E-state index in [1.807, 2.05) is 44.2 Å². The van der Waals surface area contributed by atoms with Crippen molar-refractivity contribution in [1.82, 2.24) is 0 Å². The molecular weight excluding hydrogens is 240 g/mol. The fourth-order valence-electron chi connectivity index (χ4n) is 2.55. The monoisotopic (exact) mass is 264 g/mol. The first-order chi connectivity index (χ1) is 8.89. The molecule has 0 amide bonds. The molecule has 3 nitrogen and oxygen atoms in total. The van der Waals surface area contributed by atoms with Gasteiger partial charge in [0.05, 0.1) is 12.7 Å². The lowest BCUT2D eigenvalue weighted by Crippen LogP contribution is -2.48. The summed E-state index contributed by atoms with van der Waals surface area (Å²) in [4.78, 5) is 11.9. The molecule has 0 saturated heterocycles. The van der Waals surface area contributed by atoms with Crippen LogP contribution in [0.2, 0.25) is 0 Å². The van der Waals surface area contributed by atoms with Crippen LogP contribution in [0.15, 0.2) is 36.5 Å². The summed E-state index contributed by atoms with van der Waals surface area (Å²) in [6.07, 6.45) is 12.5. The van der Waals surface area contributed by atoms with Crippen molar-refractivity contribution in [2.45, 2.75) is 39.2 Å². The molecule has 0 aromatic carbocycles. The van der Waals surface area contributed by atoms with Crippen LogP contribution < -0.4 is 0 Å². The van der Waals surface area contributed by atoms with Crippen molar-refractivity contribution in [3.8, 4) is 0 Å². The van der Waals surface area contributed by atoms with Crippen molar-refractivity contribution in [2.75, 3.05) is 7.11 Å². The summed E-state index contributed by atoms with van der Waals surface area (Å²) in [5, 5.41) is 10.8. The van der Waals surface area contributed by atoms with E-state index in [2.05, 4.69) is 0 Å². The van der Waals surface area contributed by atoms with E-state index < -0.39 is 11.0 Å². The van der Waals surface area contributed by atoms with Gasteiger partial charge in [-0.2, -0.15) is 0 Å². The van der Waals surface area contributed by atoms with Gasteiger partial charge in [-0.25, -0.2) is 0 Å². The molecule has 1 N–H and O–H groups in total. The Bertz CT molecular complexity index is 408. The van der Waals surface area contributed by atoms with E-state index in [1.165, 1.54) is 7.11 Å². The standard InChI is InChI=1S/C16H24O3/c1-5-6-7-9-13(2)12-16(18)11-8-10-15(16,3)14(17)19-4/h5-9,11,13,18H,10,12H2,1-4H3/b6-5+,9-7+/t13-,15-,16?/m1/s1. The Labute approximate surface area is 115 Å². The minimum absolute atomic E-state index is 0.174. The summed E-state index contributed by atoms with van der Waals surface area (Å²) in [5.74, 6) is -0.183. The second kappa shape index (κ2) is 6.20. The molecule has 3 heteroatoms. The van der Waals surface area contributed by atoms with Gasteiger partial charge in [0.15, 0.2) is 0 Å². The number of carbonyl (C=O) groups excluding carboxylic acids is 1. The lowest BCUT2D eigenvalue weighted by Gasteiger charge is -2.38. The molecule has 0 fully saturated rings. The van der Waals surface area contributed by atoms with Crippen LogP contribution in [0.4, 0.5) is 0 Å². The van der Waals surface area contributed by atoms with Crippen LogP contribution in [-0.4, -0.2) is 23.8 Å². The zero-order valence-corrected chi connectivity index (χ0v) is 12.2. The SMILES string of the molecule is C/C=C/C=C/[C@@H](C)CC1(O)C=CC[C@]1(C)C(=O)OC. The average molecular weight is 264 g/mol. The predicted octanol–water partition coefficient (Wildman–Crippen LogP) is 3.02. The average Bonchev–Trinajstić information content (AvgIpc) is 2.65. The number of hydrogen-bond acceptors (Lipinski definition) is 3. The van der Waals surface area contributed by atoms with Gasteiger partial charge < -0.3 is 9.84 Å². The number of rotatable bonds is 5. The molecule has 0 aliphatic heterocycles. The number of aliphatic hydroxyl groups is 1. The Morgan fingerprint density at radius 1 is 1.53 bits per heavy atom. The zero-order valence-electron chi connectivity index (χ0n) is 12.2. The third kappa shape index (κ3) is 3.16. The largest absolute Gasteiger partial charge is 0.468 e. The Hall–Kier alpha value is -1.35. The normalized spacial score (nSPS) is 32.3. The molecule has 19 heavy (non-hydrogen) atoms. The first-order valence-electron chi connectivity index (χ1n) is 6.67. The van der Waals surface area contributed by atoms with Gasteiger partial charge in [0.1, 0.15) is 5.41 Å². The Kier molecular flexibility index (Phi) is 5.12. The third-order valence-electron chi connectivity index (χ3n) is 3.89. The van der Waals surface area contributed by atoms with E-state index in [-0.39, 0.29) is 11.9 Å². The van der Waals surface area contributed by atoms with E-state index in [4.69, 9.17) is 4.74 Å². The van der Waals surface area contributed by atoms with Crippen LogP contribution in [0.5, 0.6) is 0 Å². The Morgan fingerprint density at radius 2 is 2.21 bits per heavy atom. The van der Waals surface area contributed by atoms with Gasteiger partial charge in [-0.05, 0) is 32.6 Å². The summed E-state index contributed by atoms with van der Waals surface area (Å²) in [6, 6.07) is 0. The lowest BCUT2D eigenvalue weighted by molar-refractivity contribution is -0.164. The van der Waals surface area contributed by atoms with Crippen LogP contribution in [0.3, 0.4) is 0 Å². The lowest BCUT2D eigenvalue weighted by atomic mass is 9.71. The van der Waals surface area contributed by atoms with Gasteiger partial charge >= 0.3 is 5.97 Å². The van der Waals surface area contributed by atoms with Crippen LogP contribution in [0.25, 0.3) is 0 Å². The van der Waals surface area contributed by atoms with Crippen molar-refractivity contribution < 1.29 is 14.6 Å². The molecule has 0 heterocycles. The highest BCUT2D eigenvalue weighted by Gasteiger charge is 2.53. The molecular formula is C16H24O3. The number of hydrogen-bond donors (Lipinski definition) is 1. The molecule has 0 aromatic heterocycles. The number of methoxy groups -OCH3 is 1. The van der Waals surface area contributed by atoms with Crippen molar-refractivity contribution in [1.29, 1.82) is 0 Å². The summed E-state index contributed by atoms with van der Waals surface area (Å²) in [5.41, 5.74) is -2.02. The Morgan fingerprint density at radius 3 is 2.79 bits per heavy atom. The van der Waals surface area contributed by atoms with Gasteiger partial charge in [-0.3, -0.25) is 4.79 Å². The maximum Gasteiger partial charge on any atom is 0.315 e. The number of carbonyl (C=O) groups is 1. The van der Waals surface area contributed by atoms with E-state index in [1.54, 1.807) is 13.0 Å². The van der Waals surface area contributed by atoms with Crippen molar-refractivity contribution in [3.05, 3.63) is 36.5 Å². The highest BCUT2D eigenvalue weighted by Crippen LogP contribution is 2.46. The smallest absolute Gasteiger partial charge is 0.315 e. The topological polar surface area (TPSA) is 46.5 Å².